The Morgan fingerprint density at radius 1 is 1.01 bits per heavy atom. The second-order valence-electron chi connectivity index (χ2n) is 18.8. The lowest BCUT2D eigenvalue weighted by Gasteiger charge is -2.49. The minimum Gasteiger partial charge on any atom is -0.494 e. The molecule has 0 radical (unpaired) electrons. The molecule has 16 nitrogen and oxygen atoms in total. The molecule has 1 aromatic heterocycles. The predicted octanol–water partition coefficient (Wildman–Crippen LogP) is 6.93. The summed E-state index contributed by atoms with van der Waals surface area (Å²) in [6.45, 7) is 13.9. The van der Waals surface area contributed by atoms with Crippen LogP contribution in [0.2, 0.25) is 5.02 Å². The SMILES string of the molecule is CC#CC(=O)Nc1cc(Nc2ncc(Cl)c(Nc3c(F)cccc3P(C)(C)=O)n2)c(OC)cc1N1CCC(N2C[C@@H](C)N(CCCC#Cc3cccc4c3CN(C3CCC(=O)NC3=O)C4=O)[C@@H](C)C2)CC1. The van der Waals surface area contributed by atoms with Crippen molar-refractivity contribution in [2.75, 3.05) is 74.0 Å². The molecular formula is C52H59ClFN10O6P. The van der Waals surface area contributed by atoms with Crippen LogP contribution in [-0.4, -0.2) is 126 Å². The Morgan fingerprint density at radius 3 is 2.46 bits per heavy atom. The molecule has 0 spiro atoms. The summed E-state index contributed by atoms with van der Waals surface area (Å²) in [5, 5.41) is 11.9. The number of hydrogen-bond donors (Lipinski definition) is 4. The molecule has 3 aromatic carbocycles. The Kier molecular flexibility index (Phi) is 15.7. The molecule has 4 aromatic rings. The normalized spacial score (nSPS) is 19.8. The number of halogens is 2. The minimum absolute atomic E-state index is 0.0132. The first kappa shape index (κ1) is 50.9. The third-order valence-corrected chi connectivity index (χ3v) is 15.4. The van der Waals surface area contributed by atoms with Crippen LogP contribution in [-0.2, 0) is 25.5 Å². The third-order valence-electron chi connectivity index (χ3n) is 13.6. The minimum atomic E-state index is -2.89. The van der Waals surface area contributed by atoms with Crippen molar-refractivity contribution < 1.29 is 32.9 Å². The Bertz CT molecular complexity index is 2910. The van der Waals surface area contributed by atoms with Crippen LogP contribution in [0.1, 0.15) is 80.8 Å². The largest absolute Gasteiger partial charge is 0.494 e. The van der Waals surface area contributed by atoms with Gasteiger partial charge in [0.05, 0.1) is 36.1 Å². The average molecular weight is 1010 g/mol. The lowest BCUT2D eigenvalue weighted by atomic mass is 9.98. The molecule has 19 heteroatoms. The van der Waals surface area contributed by atoms with Crippen molar-refractivity contribution >= 4 is 82.2 Å². The summed E-state index contributed by atoms with van der Waals surface area (Å²) in [5.41, 5.74) is 3.95. The van der Waals surface area contributed by atoms with Crippen LogP contribution in [0, 0.1) is 29.5 Å². The van der Waals surface area contributed by atoms with Gasteiger partial charge in [0, 0.05) is 86.2 Å². The number of imide groups is 1. The van der Waals surface area contributed by atoms with E-state index >= 15 is 4.39 Å². The fourth-order valence-electron chi connectivity index (χ4n) is 10.1. The van der Waals surface area contributed by atoms with Gasteiger partial charge in [-0.1, -0.05) is 41.5 Å². The Morgan fingerprint density at radius 2 is 1.76 bits per heavy atom. The van der Waals surface area contributed by atoms with Gasteiger partial charge >= 0.3 is 0 Å². The van der Waals surface area contributed by atoms with E-state index in [9.17, 15) is 23.7 Å². The highest BCUT2D eigenvalue weighted by molar-refractivity contribution is 7.70. The predicted molar refractivity (Wildman–Crippen MR) is 275 cm³/mol. The fraction of sp³-hybridized carbons (Fsp3) is 0.423. The summed E-state index contributed by atoms with van der Waals surface area (Å²) in [4.78, 5) is 68.4. The van der Waals surface area contributed by atoms with E-state index in [4.69, 9.17) is 16.3 Å². The fourth-order valence-corrected chi connectivity index (χ4v) is 11.4. The number of anilines is 6. The van der Waals surface area contributed by atoms with Crippen LogP contribution in [0.4, 0.5) is 38.9 Å². The number of rotatable bonds is 13. The van der Waals surface area contributed by atoms with Crippen LogP contribution >= 0.6 is 18.7 Å². The number of fused-ring (bicyclic) bond motifs is 1. The molecule has 4 amide bonds. The molecule has 0 aliphatic carbocycles. The van der Waals surface area contributed by atoms with Crippen molar-refractivity contribution in [1.29, 1.82) is 0 Å². The van der Waals surface area contributed by atoms with Gasteiger partial charge in [0.1, 0.15) is 29.8 Å². The summed E-state index contributed by atoms with van der Waals surface area (Å²) < 4.78 is 34.0. The van der Waals surface area contributed by atoms with Gasteiger partial charge in [-0.2, -0.15) is 4.98 Å². The van der Waals surface area contributed by atoms with Crippen molar-refractivity contribution in [2.45, 2.75) is 90.0 Å². The number of nitrogens with one attached hydrogen (secondary N) is 4. The van der Waals surface area contributed by atoms with Gasteiger partial charge in [0.25, 0.3) is 11.8 Å². The summed E-state index contributed by atoms with van der Waals surface area (Å²) >= 11 is 6.48. The number of piperidine rings is 2. The smallest absolute Gasteiger partial charge is 0.300 e. The molecule has 1 unspecified atom stereocenters. The number of methoxy groups -OCH3 is 1. The van der Waals surface area contributed by atoms with E-state index in [2.05, 4.69) is 83.5 Å². The average Bonchev–Trinajstić information content (AvgIpc) is 3.67. The van der Waals surface area contributed by atoms with Crippen molar-refractivity contribution in [3.8, 4) is 29.4 Å². The van der Waals surface area contributed by atoms with Gasteiger partial charge < -0.3 is 35.1 Å². The molecule has 3 fully saturated rings. The second-order valence-corrected chi connectivity index (χ2v) is 22.4. The van der Waals surface area contributed by atoms with Crippen LogP contribution in [0.15, 0.2) is 54.7 Å². The maximum atomic E-state index is 15.1. The molecule has 4 N–H and O–H groups in total. The first-order valence-corrected chi connectivity index (χ1v) is 26.9. The number of para-hydroxylation sites is 1. The Hall–Kier alpha value is -6.49. The number of nitrogens with zero attached hydrogens (tertiary/aromatic N) is 6. The summed E-state index contributed by atoms with van der Waals surface area (Å²) in [5.74, 6) is 10.5. The maximum Gasteiger partial charge on any atom is 0.300 e. The standard InChI is InChI=1S/C52H59ClFN10O6P/c1-7-13-46(65)56-40-26-41(57-52-55-28-38(53)49(60-52)59-48-39(54)17-12-18-45(48)71(5,6)69)44(70-4)27-43(40)61-24-21-35(22-25-61)62-29-32(2)63(33(3)30-62)23-10-8-9-14-34-15-11-16-36-37(34)31-64(51(36)68)42-19-20-47(66)58-50(42)67/h11-12,15-18,26-28,32-33,35,42H,8,10,19-25,29-31H2,1-6H3,(H,56,65)(H,58,66,67)(H2,55,57,59,60)/t32-,33+,42?. The van der Waals surface area contributed by atoms with Gasteiger partial charge in [0.2, 0.25) is 17.8 Å². The molecule has 0 saturated carbocycles. The molecule has 5 heterocycles. The molecule has 71 heavy (non-hydrogen) atoms. The van der Waals surface area contributed by atoms with Crippen molar-refractivity contribution in [3.63, 3.8) is 0 Å². The van der Waals surface area contributed by atoms with Gasteiger partial charge in [-0.25, -0.2) is 9.37 Å². The monoisotopic (exact) mass is 1000 g/mol. The lowest BCUT2D eigenvalue weighted by molar-refractivity contribution is -0.137. The van der Waals surface area contributed by atoms with Crippen molar-refractivity contribution in [2.24, 2.45) is 0 Å². The van der Waals surface area contributed by atoms with E-state index in [-0.39, 0.29) is 40.7 Å². The van der Waals surface area contributed by atoms with Crippen molar-refractivity contribution in [1.82, 2.24) is 30.0 Å². The third kappa shape index (κ3) is 11.5. The number of hydrogen-bond acceptors (Lipinski definition) is 13. The number of ether oxygens (including phenoxy) is 1. The summed E-state index contributed by atoms with van der Waals surface area (Å²) in [6, 6.07) is 13.9. The zero-order valence-corrected chi connectivity index (χ0v) is 42.5. The molecule has 3 saturated heterocycles. The number of benzene rings is 3. The molecule has 4 aliphatic rings. The number of carbonyl (C=O) groups excluding carboxylic acids is 4. The number of carbonyl (C=O) groups is 4. The van der Waals surface area contributed by atoms with E-state index in [1.807, 2.05) is 18.2 Å². The maximum absolute atomic E-state index is 15.1. The van der Waals surface area contributed by atoms with E-state index in [1.54, 1.807) is 50.5 Å². The molecule has 8 rings (SSSR count). The molecule has 3 atom stereocenters. The highest BCUT2D eigenvalue weighted by atomic mass is 35.5. The van der Waals surface area contributed by atoms with E-state index in [0.29, 0.717) is 65.5 Å². The highest BCUT2D eigenvalue weighted by Crippen LogP contribution is 2.42. The molecule has 4 aliphatic heterocycles. The number of amides is 4. The van der Waals surface area contributed by atoms with Crippen LogP contribution in [0.25, 0.3) is 0 Å². The number of unbranched alkanes of at least 4 members (excludes halogenated alkanes) is 1. The van der Waals surface area contributed by atoms with Crippen LogP contribution in [0.5, 0.6) is 5.75 Å². The van der Waals surface area contributed by atoms with E-state index < -0.39 is 30.8 Å². The van der Waals surface area contributed by atoms with Crippen molar-refractivity contribution in [3.05, 3.63) is 82.3 Å². The molecule has 372 valence electrons. The number of aromatic nitrogens is 2. The van der Waals surface area contributed by atoms with Crippen LogP contribution < -0.4 is 36.2 Å². The quantitative estimate of drug-likeness (QED) is 0.0469. The van der Waals surface area contributed by atoms with Gasteiger partial charge in [-0.15, -0.1) is 0 Å². The topological polar surface area (TPSA) is 181 Å². The Balaban J connectivity index is 0.882. The molecular weight excluding hydrogens is 946 g/mol. The van der Waals surface area contributed by atoms with Crippen LogP contribution in [0.3, 0.4) is 0 Å². The first-order valence-electron chi connectivity index (χ1n) is 23.9. The first-order chi connectivity index (χ1) is 34.0. The zero-order chi connectivity index (χ0) is 50.6. The van der Waals surface area contributed by atoms with E-state index in [0.717, 1.165) is 68.8 Å². The number of piperazine rings is 1. The summed E-state index contributed by atoms with van der Waals surface area (Å²) in [6.07, 6.45) is 5.35. The van der Waals surface area contributed by atoms with Gasteiger partial charge in [0.15, 0.2) is 5.82 Å². The van der Waals surface area contributed by atoms with E-state index in [1.165, 1.54) is 18.3 Å². The second kappa shape index (κ2) is 21.9. The highest BCUT2D eigenvalue weighted by Gasteiger charge is 2.40. The molecule has 0 bridgehead atoms. The Labute approximate surface area is 419 Å². The summed E-state index contributed by atoms with van der Waals surface area (Å²) in [7, 11) is -1.33. The van der Waals surface area contributed by atoms with Gasteiger partial charge in [-0.3, -0.25) is 34.3 Å². The van der Waals surface area contributed by atoms with Gasteiger partial charge in [-0.05, 0) is 108 Å². The lowest BCUT2D eigenvalue weighted by Crippen LogP contribution is -2.60. The zero-order valence-electron chi connectivity index (χ0n) is 40.8.